The van der Waals surface area contributed by atoms with Crippen molar-refractivity contribution in [3.63, 3.8) is 0 Å². The minimum atomic E-state index is -0.499. The second kappa shape index (κ2) is 6.59. The van der Waals surface area contributed by atoms with Gasteiger partial charge in [0.05, 0.1) is 15.6 Å². The quantitative estimate of drug-likeness (QED) is 0.568. The molecule has 1 amide bonds. The topological polar surface area (TPSA) is 85.1 Å². The van der Waals surface area contributed by atoms with E-state index in [9.17, 15) is 14.9 Å². The number of non-ortho nitro benzene ring substituents is 1. The Labute approximate surface area is 141 Å². The van der Waals surface area contributed by atoms with Gasteiger partial charge in [-0.05, 0) is 31.2 Å². The number of aryl methyl sites for hydroxylation is 1. The SMILES string of the molecule is Cc1nc(-c2ccc(NC(=O)c3ccc([N+](=O)[O-])cc3)cc2)cs1. The lowest BCUT2D eigenvalue weighted by molar-refractivity contribution is -0.384. The molecule has 3 aromatic rings. The van der Waals surface area contributed by atoms with Crippen LogP contribution in [0.3, 0.4) is 0 Å². The van der Waals surface area contributed by atoms with Gasteiger partial charge in [-0.1, -0.05) is 12.1 Å². The van der Waals surface area contributed by atoms with E-state index in [0.717, 1.165) is 16.3 Å². The molecule has 0 saturated carbocycles. The number of nitrogens with one attached hydrogen (secondary N) is 1. The van der Waals surface area contributed by atoms with Crippen LogP contribution in [0.1, 0.15) is 15.4 Å². The lowest BCUT2D eigenvalue weighted by Crippen LogP contribution is -2.11. The van der Waals surface area contributed by atoms with E-state index in [-0.39, 0.29) is 11.6 Å². The first-order valence-electron chi connectivity index (χ1n) is 7.11. The number of nitro benzene ring substituents is 1. The van der Waals surface area contributed by atoms with Gasteiger partial charge in [-0.3, -0.25) is 14.9 Å². The Kier molecular flexibility index (Phi) is 4.35. The first-order valence-corrected chi connectivity index (χ1v) is 7.99. The highest BCUT2D eigenvalue weighted by molar-refractivity contribution is 7.09. The summed E-state index contributed by atoms with van der Waals surface area (Å²) in [7, 11) is 0. The van der Waals surface area contributed by atoms with Crippen LogP contribution in [0, 0.1) is 17.0 Å². The van der Waals surface area contributed by atoms with E-state index in [1.165, 1.54) is 24.3 Å². The number of amides is 1. The minimum Gasteiger partial charge on any atom is -0.322 e. The molecule has 1 N–H and O–H groups in total. The predicted molar refractivity (Wildman–Crippen MR) is 93.3 cm³/mol. The fraction of sp³-hybridized carbons (Fsp3) is 0.0588. The molecule has 1 aromatic heterocycles. The highest BCUT2D eigenvalue weighted by atomic mass is 32.1. The molecule has 0 unspecified atom stereocenters. The second-order valence-corrected chi connectivity index (χ2v) is 6.15. The van der Waals surface area contributed by atoms with Crippen LogP contribution in [-0.4, -0.2) is 15.8 Å². The number of aromatic nitrogens is 1. The lowest BCUT2D eigenvalue weighted by atomic mass is 10.1. The number of carbonyl (C=O) groups is 1. The molecule has 0 fully saturated rings. The number of anilines is 1. The van der Waals surface area contributed by atoms with Crippen LogP contribution in [-0.2, 0) is 0 Å². The third kappa shape index (κ3) is 3.47. The Morgan fingerprint density at radius 1 is 1.12 bits per heavy atom. The molecular weight excluding hydrogens is 326 g/mol. The number of rotatable bonds is 4. The smallest absolute Gasteiger partial charge is 0.269 e. The summed E-state index contributed by atoms with van der Waals surface area (Å²) in [6, 6.07) is 12.9. The van der Waals surface area contributed by atoms with Crippen molar-refractivity contribution < 1.29 is 9.72 Å². The zero-order chi connectivity index (χ0) is 17.1. The molecule has 0 saturated heterocycles. The number of hydrogen-bond acceptors (Lipinski definition) is 5. The van der Waals surface area contributed by atoms with E-state index in [0.29, 0.717) is 11.3 Å². The Balaban J connectivity index is 1.71. The third-order valence-corrected chi connectivity index (χ3v) is 4.17. The van der Waals surface area contributed by atoms with E-state index in [2.05, 4.69) is 10.3 Å². The maximum absolute atomic E-state index is 12.2. The maximum atomic E-state index is 12.2. The van der Waals surface area contributed by atoms with Crippen molar-refractivity contribution in [1.29, 1.82) is 0 Å². The number of carbonyl (C=O) groups excluding carboxylic acids is 1. The first kappa shape index (κ1) is 15.8. The van der Waals surface area contributed by atoms with Gasteiger partial charge in [0.25, 0.3) is 11.6 Å². The normalized spacial score (nSPS) is 10.4. The van der Waals surface area contributed by atoms with E-state index >= 15 is 0 Å². The van der Waals surface area contributed by atoms with Crippen LogP contribution in [0.2, 0.25) is 0 Å². The van der Waals surface area contributed by atoms with Crippen molar-refractivity contribution >= 4 is 28.6 Å². The Bertz CT molecular complexity index is 886. The monoisotopic (exact) mass is 339 g/mol. The third-order valence-electron chi connectivity index (χ3n) is 3.40. The van der Waals surface area contributed by atoms with E-state index in [4.69, 9.17) is 0 Å². The van der Waals surface area contributed by atoms with Crippen molar-refractivity contribution in [2.45, 2.75) is 6.92 Å². The van der Waals surface area contributed by atoms with Crippen LogP contribution in [0.4, 0.5) is 11.4 Å². The van der Waals surface area contributed by atoms with Gasteiger partial charge >= 0.3 is 0 Å². The van der Waals surface area contributed by atoms with Crippen LogP contribution in [0.5, 0.6) is 0 Å². The van der Waals surface area contributed by atoms with Crippen molar-refractivity contribution in [2.24, 2.45) is 0 Å². The van der Waals surface area contributed by atoms with Crippen molar-refractivity contribution in [1.82, 2.24) is 4.98 Å². The Morgan fingerprint density at radius 2 is 1.79 bits per heavy atom. The van der Waals surface area contributed by atoms with Crippen molar-refractivity contribution in [2.75, 3.05) is 5.32 Å². The van der Waals surface area contributed by atoms with E-state index in [1.54, 1.807) is 23.5 Å². The summed E-state index contributed by atoms with van der Waals surface area (Å²) in [4.78, 5) is 26.7. The first-order chi connectivity index (χ1) is 11.5. The predicted octanol–water partition coefficient (Wildman–Crippen LogP) is 4.28. The van der Waals surface area contributed by atoms with E-state index < -0.39 is 4.92 Å². The molecule has 0 aliphatic heterocycles. The second-order valence-electron chi connectivity index (χ2n) is 5.09. The number of hydrogen-bond donors (Lipinski definition) is 1. The molecule has 120 valence electrons. The summed E-state index contributed by atoms with van der Waals surface area (Å²) < 4.78 is 0. The fourth-order valence-electron chi connectivity index (χ4n) is 2.16. The van der Waals surface area contributed by atoms with Crippen LogP contribution >= 0.6 is 11.3 Å². The van der Waals surface area contributed by atoms with Crippen LogP contribution in [0.25, 0.3) is 11.3 Å². The molecule has 24 heavy (non-hydrogen) atoms. The standard InChI is InChI=1S/C17H13N3O3S/c1-11-18-16(10-24-11)12-2-6-14(7-3-12)19-17(21)13-4-8-15(9-5-13)20(22)23/h2-10H,1H3,(H,19,21). The van der Waals surface area contributed by atoms with E-state index in [1.807, 2.05) is 24.4 Å². The van der Waals surface area contributed by atoms with Crippen LogP contribution in [0.15, 0.2) is 53.9 Å². The van der Waals surface area contributed by atoms with Gasteiger partial charge in [-0.2, -0.15) is 0 Å². The highest BCUT2D eigenvalue weighted by Gasteiger charge is 2.10. The number of thiazole rings is 1. The van der Waals surface area contributed by atoms with Crippen molar-refractivity contribution in [3.05, 3.63) is 74.6 Å². The summed E-state index contributed by atoms with van der Waals surface area (Å²) in [6.07, 6.45) is 0. The fourth-order valence-corrected chi connectivity index (χ4v) is 2.78. The van der Waals surface area contributed by atoms with Gasteiger partial charge in [-0.25, -0.2) is 4.98 Å². The molecule has 0 radical (unpaired) electrons. The molecule has 0 spiro atoms. The lowest BCUT2D eigenvalue weighted by Gasteiger charge is -2.06. The van der Waals surface area contributed by atoms with Crippen LogP contribution < -0.4 is 5.32 Å². The molecule has 6 nitrogen and oxygen atoms in total. The molecule has 0 aliphatic rings. The van der Waals surface area contributed by atoms with Gasteiger partial charge in [0.1, 0.15) is 0 Å². The zero-order valence-corrected chi connectivity index (χ0v) is 13.5. The molecule has 7 heteroatoms. The number of benzene rings is 2. The maximum Gasteiger partial charge on any atom is 0.269 e. The summed E-state index contributed by atoms with van der Waals surface area (Å²) in [6.45, 7) is 1.95. The molecular formula is C17H13N3O3S. The summed E-state index contributed by atoms with van der Waals surface area (Å²) in [5.41, 5.74) is 2.85. The van der Waals surface area contributed by atoms with Gasteiger partial charge in [0.15, 0.2) is 0 Å². The molecule has 0 atom stereocenters. The zero-order valence-electron chi connectivity index (χ0n) is 12.7. The molecule has 0 aliphatic carbocycles. The summed E-state index contributed by atoms with van der Waals surface area (Å²) in [5.74, 6) is -0.317. The highest BCUT2D eigenvalue weighted by Crippen LogP contribution is 2.23. The molecule has 0 bridgehead atoms. The average molecular weight is 339 g/mol. The Morgan fingerprint density at radius 3 is 2.33 bits per heavy atom. The summed E-state index contributed by atoms with van der Waals surface area (Å²) in [5, 5.41) is 16.4. The largest absolute Gasteiger partial charge is 0.322 e. The molecule has 3 rings (SSSR count). The Hall–Kier alpha value is -3.06. The summed E-state index contributed by atoms with van der Waals surface area (Å²) >= 11 is 1.59. The molecule has 1 heterocycles. The van der Waals surface area contributed by atoms with Gasteiger partial charge < -0.3 is 5.32 Å². The number of nitro groups is 1. The van der Waals surface area contributed by atoms with Crippen molar-refractivity contribution in [3.8, 4) is 11.3 Å². The van der Waals surface area contributed by atoms with Gasteiger partial charge in [-0.15, -0.1) is 11.3 Å². The average Bonchev–Trinajstić information content (AvgIpc) is 3.02. The minimum absolute atomic E-state index is 0.0468. The molecule has 2 aromatic carbocycles. The van der Waals surface area contributed by atoms with Gasteiger partial charge in [0, 0.05) is 34.3 Å². The van der Waals surface area contributed by atoms with Gasteiger partial charge in [0.2, 0.25) is 0 Å². The number of nitrogens with zero attached hydrogens (tertiary/aromatic N) is 2.